The molecule has 4 rings (SSSR count). The Morgan fingerprint density at radius 2 is 1.71 bits per heavy atom. The number of carbonyl (C=O) groups is 2. The summed E-state index contributed by atoms with van der Waals surface area (Å²) in [6, 6.07) is 16.1. The van der Waals surface area contributed by atoms with E-state index in [1.165, 1.54) is 5.56 Å². The van der Waals surface area contributed by atoms with Gasteiger partial charge >= 0.3 is 0 Å². The fourth-order valence-corrected chi connectivity index (χ4v) is 4.45. The Labute approximate surface area is 183 Å². The molecule has 3 aromatic rings. The molecule has 0 unspecified atom stereocenters. The first-order chi connectivity index (χ1) is 14.7. The lowest BCUT2D eigenvalue weighted by atomic mass is 9.87. The van der Waals surface area contributed by atoms with E-state index < -0.39 is 5.91 Å². The van der Waals surface area contributed by atoms with E-state index in [2.05, 4.69) is 50.4 Å². The zero-order valence-corrected chi connectivity index (χ0v) is 18.6. The lowest BCUT2D eigenvalue weighted by Gasteiger charge is -2.19. The molecule has 0 radical (unpaired) electrons. The van der Waals surface area contributed by atoms with Crippen molar-refractivity contribution in [1.82, 2.24) is 4.57 Å². The molecule has 5 heteroatoms. The van der Waals surface area contributed by atoms with Crippen molar-refractivity contribution in [3.63, 3.8) is 0 Å². The molecule has 1 saturated carbocycles. The molecule has 0 aliphatic heterocycles. The number of hydrogen-bond donors (Lipinski definition) is 2. The molecule has 1 fully saturated rings. The molecule has 162 valence electrons. The van der Waals surface area contributed by atoms with Crippen molar-refractivity contribution in [2.45, 2.75) is 58.4 Å². The standard InChI is InChI=1S/C26H31N3O2/c1-26(2,3)20-10-8-17(9-11-20)16-29-22-13-12-21(14-19(22)15-23(29)24(27)30)28-25(31)18-6-4-5-7-18/h8-15,18H,4-7,16H2,1-3H3,(H2,27,30)(H,28,31). The Balaban J connectivity index is 1.62. The van der Waals surface area contributed by atoms with E-state index in [0.29, 0.717) is 12.2 Å². The van der Waals surface area contributed by atoms with Crippen LogP contribution in [0.2, 0.25) is 0 Å². The number of nitrogens with zero attached hydrogens (tertiary/aromatic N) is 1. The molecular formula is C26H31N3O2. The summed E-state index contributed by atoms with van der Waals surface area (Å²) in [5.41, 5.74) is 10.3. The Morgan fingerprint density at radius 3 is 2.32 bits per heavy atom. The van der Waals surface area contributed by atoms with E-state index in [1.807, 2.05) is 28.8 Å². The van der Waals surface area contributed by atoms with Crippen LogP contribution in [0.4, 0.5) is 5.69 Å². The van der Waals surface area contributed by atoms with Crippen LogP contribution in [0.25, 0.3) is 10.9 Å². The Morgan fingerprint density at radius 1 is 1.03 bits per heavy atom. The first kappa shape index (κ1) is 21.2. The molecule has 5 nitrogen and oxygen atoms in total. The molecule has 0 atom stereocenters. The first-order valence-electron chi connectivity index (χ1n) is 11.1. The van der Waals surface area contributed by atoms with Gasteiger partial charge in [0.15, 0.2) is 0 Å². The van der Waals surface area contributed by atoms with E-state index >= 15 is 0 Å². The van der Waals surface area contributed by atoms with Crippen molar-refractivity contribution < 1.29 is 9.59 Å². The minimum Gasteiger partial charge on any atom is -0.364 e. The minimum atomic E-state index is -0.459. The number of primary amides is 1. The molecular weight excluding hydrogens is 386 g/mol. The summed E-state index contributed by atoms with van der Waals surface area (Å²) < 4.78 is 1.95. The smallest absolute Gasteiger partial charge is 0.265 e. The Hall–Kier alpha value is -3.08. The van der Waals surface area contributed by atoms with Crippen LogP contribution in [0.5, 0.6) is 0 Å². The number of rotatable bonds is 5. The van der Waals surface area contributed by atoms with Crippen molar-refractivity contribution in [2.24, 2.45) is 11.7 Å². The molecule has 2 amide bonds. The number of fused-ring (bicyclic) bond motifs is 1. The number of amides is 2. The van der Waals surface area contributed by atoms with Crippen LogP contribution >= 0.6 is 0 Å². The van der Waals surface area contributed by atoms with E-state index in [0.717, 1.165) is 47.8 Å². The SMILES string of the molecule is CC(C)(C)c1ccc(Cn2c(C(N)=O)cc3cc(NC(=O)C4CCCC4)ccc32)cc1. The maximum absolute atomic E-state index is 12.5. The molecule has 0 saturated heterocycles. The number of nitrogens with two attached hydrogens (primary N) is 1. The zero-order chi connectivity index (χ0) is 22.2. The van der Waals surface area contributed by atoms with Crippen LogP contribution in [-0.4, -0.2) is 16.4 Å². The van der Waals surface area contributed by atoms with Gasteiger partial charge in [-0.15, -0.1) is 0 Å². The third-order valence-electron chi connectivity index (χ3n) is 6.31. The first-order valence-corrected chi connectivity index (χ1v) is 11.1. The maximum atomic E-state index is 12.5. The number of anilines is 1. The van der Waals surface area contributed by atoms with E-state index in [4.69, 9.17) is 5.73 Å². The lowest BCUT2D eigenvalue weighted by Crippen LogP contribution is -2.20. The predicted octanol–water partition coefficient (Wildman–Crippen LogP) is 5.21. The van der Waals surface area contributed by atoms with Gasteiger partial charge in [-0.05, 0) is 53.6 Å². The highest BCUT2D eigenvalue weighted by Gasteiger charge is 2.23. The molecule has 2 aromatic carbocycles. The fraction of sp³-hybridized carbons (Fsp3) is 0.385. The Bertz CT molecular complexity index is 1110. The highest BCUT2D eigenvalue weighted by atomic mass is 16.2. The van der Waals surface area contributed by atoms with Gasteiger partial charge in [0.05, 0.1) is 0 Å². The summed E-state index contributed by atoms with van der Waals surface area (Å²) in [4.78, 5) is 24.6. The zero-order valence-electron chi connectivity index (χ0n) is 18.6. The van der Waals surface area contributed by atoms with Crippen molar-refractivity contribution in [1.29, 1.82) is 0 Å². The van der Waals surface area contributed by atoms with Gasteiger partial charge in [0.25, 0.3) is 5.91 Å². The second-order valence-corrected chi connectivity index (χ2v) is 9.67. The van der Waals surface area contributed by atoms with Gasteiger partial charge in [0, 0.05) is 29.1 Å². The molecule has 0 spiro atoms. The van der Waals surface area contributed by atoms with Crippen molar-refractivity contribution in [3.05, 3.63) is 65.4 Å². The molecule has 1 aromatic heterocycles. The summed E-state index contributed by atoms with van der Waals surface area (Å²) >= 11 is 0. The van der Waals surface area contributed by atoms with Gasteiger partial charge in [0.1, 0.15) is 5.69 Å². The molecule has 1 aliphatic rings. The van der Waals surface area contributed by atoms with Crippen molar-refractivity contribution >= 4 is 28.4 Å². The van der Waals surface area contributed by atoms with E-state index in [9.17, 15) is 9.59 Å². The van der Waals surface area contributed by atoms with Crippen LogP contribution in [0.3, 0.4) is 0 Å². The molecule has 0 bridgehead atoms. The van der Waals surface area contributed by atoms with Gasteiger partial charge < -0.3 is 15.6 Å². The van der Waals surface area contributed by atoms with Crippen LogP contribution < -0.4 is 11.1 Å². The topological polar surface area (TPSA) is 77.1 Å². The van der Waals surface area contributed by atoms with Gasteiger partial charge in [-0.2, -0.15) is 0 Å². The third-order valence-corrected chi connectivity index (χ3v) is 6.31. The summed E-state index contributed by atoms with van der Waals surface area (Å²) in [5.74, 6) is -0.262. The lowest BCUT2D eigenvalue weighted by molar-refractivity contribution is -0.119. The third kappa shape index (κ3) is 4.50. The number of carbonyl (C=O) groups excluding carboxylic acids is 2. The van der Waals surface area contributed by atoms with Gasteiger partial charge in [-0.3, -0.25) is 9.59 Å². The van der Waals surface area contributed by atoms with Crippen LogP contribution in [0.1, 0.15) is 68.1 Å². The average Bonchev–Trinajstić information content (AvgIpc) is 3.36. The quantitative estimate of drug-likeness (QED) is 0.597. The highest BCUT2D eigenvalue weighted by Crippen LogP contribution is 2.29. The highest BCUT2D eigenvalue weighted by molar-refractivity contribution is 6.00. The number of hydrogen-bond acceptors (Lipinski definition) is 2. The monoisotopic (exact) mass is 417 g/mol. The van der Waals surface area contributed by atoms with Gasteiger partial charge in [0.2, 0.25) is 5.91 Å². The summed E-state index contributed by atoms with van der Waals surface area (Å²) in [5, 5.41) is 3.93. The maximum Gasteiger partial charge on any atom is 0.265 e. The van der Waals surface area contributed by atoms with Crippen molar-refractivity contribution in [2.75, 3.05) is 5.32 Å². The predicted molar refractivity (Wildman–Crippen MR) is 125 cm³/mol. The van der Waals surface area contributed by atoms with Crippen molar-refractivity contribution in [3.8, 4) is 0 Å². The molecule has 1 heterocycles. The average molecular weight is 418 g/mol. The largest absolute Gasteiger partial charge is 0.364 e. The number of nitrogens with one attached hydrogen (secondary N) is 1. The van der Waals surface area contributed by atoms with Gasteiger partial charge in [-0.25, -0.2) is 0 Å². The normalized spacial score (nSPS) is 14.8. The fourth-order valence-electron chi connectivity index (χ4n) is 4.45. The van der Waals surface area contributed by atoms with Crippen LogP contribution in [0.15, 0.2) is 48.5 Å². The number of benzene rings is 2. The summed E-state index contributed by atoms with van der Waals surface area (Å²) in [7, 11) is 0. The molecule has 31 heavy (non-hydrogen) atoms. The van der Waals surface area contributed by atoms with E-state index in [-0.39, 0.29) is 17.2 Å². The van der Waals surface area contributed by atoms with Gasteiger partial charge in [-0.1, -0.05) is 57.9 Å². The summed E-state index contributed by atoms with van der Waals surface area (Å²) in [6.45, 7) is 7.13. The second-order valence-electron chi connectivity index (χ2n) is 9.67. The van der Waals surface area contributed by atoms with Crippen LogP contribution in [-0.2, 0) is 16.8 Å². The minimum absolute atomic E-state index is 0.0883. The molecule has 1 aliphatic carbocycles. The Kier molecular flexibility index (Phi) is 5.61. The summed E-state index contributed by atoms with van der Waals surface area (Å²) in [6.07, 6.45) is 4.17. The molecule has 3 N–H and O–H groups in total. The van der Waals surface area contributed by atoms with Crippen LogP contribution in [0, 0.1) is 5.92 Å². The second kappa shape index (κ2) is 8.22. The van der Waals surface area contributed by atoms with E-state index in [1.54, 1.807) is 0 Å². The number of aromatic nitrogens is 1.